The quantitative estimate of drug-likeness (QED) is 0.226. The number of carbonyl (C=O) groups is 1. The van der Waals surface area contributed by atoms with Gasteiger partial charge in [-0.3, -0.25) is 10.9 Å². The summed E-state index contributed by atoms with van der Waals surface area (Å²) in [4.78, 5) is 9.00. The van der Waals surface area contributed by atoms with Crippen molar-refractivity contribution in [2.45, 2.75) is 41.5 Å². The average molecular weight is 547 g/mol. The molecule has 0 atom stereocenters. The monoisotopic (exact) mass is 546 g/mol. The van der Waals surface area contributed by atoms with Crippen molar-refractivity contribution in [3.05, 3.63) is 132 Å². The molecular weight excluding hydrogens is 511 g/mol. The van der Waals surface area contributed by atoms with E-state index in [1.807, 2.05) is 91.0 Å². The fourth-order valence-electron chi connectivity index (χ4n) is 2.43. The van der Waals surface area contributed by atoms with Crippen LogP contribution in [0.5, 0.6) is 0 Å². The molecule has 5 heteroatoms. The molecule has 1 aliphatic carbocycles. The Balaban J connectivity index is -0.000000173. The van der Waals surface area contributed by atoms with Crippen LogP contribution in [0.2, 0.25) is 0 Å². The van der Waals surface area contributed by atoms with E-state index in [0.717, 1.165) is 6.92 Å². The second-order valence-electron chi connectivity index (χ2n) is 7.38. The van der Waals surface area contributed by atoms with E-state index in [2.05, 4.69) is 58.9 Å². The average Bonchev–Trinajstić information content (AvgIpc) is 2.99. The zero-order valence-corrected chi connectivity index (χ0v) is 24.5. The van der Waals surface area contributed by atoms with Crippen molar-refractivity contribution in [2.75, 3.05) is 0 Å². The number of rotatable bonds is 0. The summed E-state index contributed by atoms with van der Waals surface area (Å²) in [6, 6.07) is 37.5. The van der Waals surface area contributed by atoms with E-state index in [4.69, 9.17) is 9.90 Å². The van der Waals surface area contributed by atoms with Gasteiger partial charge in [0.05, 0.1) is 0 Å². The first-order valence-corrected chi connectivity index (χ1v) is 10.4. The van der Waals surface area contributed by atoms with Gasteiger partial charge in [0, 0.05) is 6.92 Å². The molecule has 0 saturated heterocycles. The van der Waals surface area contributed by atoms with Gasteiger partial charge in [0.2, 0.25) is 0 Å². The van der Waals surface area contributed by atoms with Crippen molar-refractivity contribution in [3.63, 3.8) is 0 Å². The summed E-state index contributed by atoms with van der Waals surface area (Å²) in [5.74, 6) is -0.833. The number of benzene rings is 3. The van der Waals surface area contributed by atoms with Crippen molar-refractivity contribution in [3.8, 4) is 0 Å². The summed E-state index contributed by atoms with van der Waals surface area (Å²) >= 11 is 0. The third kappa shape index (κ3) is 23.4. The molecular formula is C30H36Cl2O2Ti. The fraction of sp³-hybridized carbons (Fsp3) is 0.233. The van der Waals surface area contributed by atoms with E-state index < -0.39 is 5.97 Å². The van der Waals surface area contributed by atoms with E-state index >= 15 is 0 Å². The number of aliphatic carboxylic acids is 1. The van der Waals surface area contributed by atoms with Crippen molar-refractivity contribution in [2.24, 2.45) is 5.41 Å². The van der Waals surface area contributed by atoms with Crippen molar-refractivity contribution in [1.29, 1.82) is 0 Å². The SMILES string of the molecule is CC(=O)O.CC1=[C-]C(C)(C)C(C)=C1C.Cl.Cl.[Ti+4].[c-]1ccccc1.[c-]1ccccc1.[c-]1ccccc1. The molecule has 0 saturated carbocycles. The van der Waals surface area contributed by atoms with Gasteiger partial charge in [0.15, 0.2) is 0 Å². The minimum Gasteiger partial charge on any atom is -0.481 e. The van der Waals surface area contributed by atoms with Crippen LogP contribution in [-0.4, -0.2) is 11.1 Å². The molecule has 0 unspecified atom stereocenters. The van der Waals surface area contributed by atoms with Crippen molar-refractivity contribution >= 4 is 30.8 Å². The van der Waals surface area contributed by atoms with Gasteiger partial charge < -0.3 is 5.11 Å². The van der Waals surface area contributed by atoms with E-state index in [1.54, 1.807) is 0 Å². The standard InChI is InChI=1S/C10H15.3C6H5.C2H4O2.2ClH.Ti/c1-7-6-10(4,5)9(3)8(7)2;3*1-2-4-6-5-3-1;1-2(3)4;;;/h1-5H3;3*1-5H;1H3,(H,3,4);2*1H;/q4*-1;;;;+4. The molecule has 2 nitrogen and oxygen atoms in total. The molecule has 0 radical (unpaired) electrons. The summed E-state index contributed by atoms with van der Waals surface area (Å²) in [6.07, 6.45) is 3.44. The van der Waals surface area contributed by atoms with Gasteiger partial charge in [-0.2, -0.15) is 120 Å². The largest absolute Gasteiger partial charge is 4.00 e. The molecule has 0 aliphatic heterocycles. The molecule has 186 valence electrons. The Morgan fingerprint density at radius 3 is 1.00 bits per heavy atom. The number of hydrogen-bond acceptors (Lipinski definition) is 1. The van der Waals surface area contributed by atoms with Gasteiger partial charge in [-0.15, -0.1) is 31.7 Å². The summed E-state index contributed by atoms with van der Waals surface area (Å²) in [5, 5.41) is 7.42. The molecule has 0 bridgehead atoms. The Bertz CT molecular complexity index is 752. The van der Waals surface area contributed by atoms with Gasteiger partial charge in [-0.05, 0) is 0 Å². The molecule has 0 fully saturated rings. The maximum absolute atomic E-state index is 9.00. The maximum Gasteiger partial charge on any atom is 4.00 e. The third-order valence-electron chi connectivity index (χ3n) is 4.38. The predicted molar refractivity (Wildman–Crippen MR) is 148 cm³/mol. The molecule has 0 spiro atoms. The molecule has 4 rings (SSSR count). The van der Waals surface area contributed by atoms with E-state index in [-0.39, 0.29) is 51.9 Å². The fourth-order valence-corrected chi connectivity index (χ4v) is 2.43. The van der Waals surface area contributed by atoms with Crippen LogP contribution < -0.4 is 0 Å². The number of carboxylic acids is 1. The van der Waals surface area contributed by atoms with Crippen molar-refractivity contribution < 1.29 is 31.6 Å². The van der Waals surface area contributed by atoms with E-state index in [1.165, 1.54) is 16.7 Å². The molecule has 3 aromatic carbocycles. The molecule has 0 aromatic heterocycles. The Labute approximate surface area is 240 Å². The number of halogens is 2. The van der Waals surface area contributed by atoms with Crippen LogP contribution in [-0.2, 0) is 26.5 Å². The zero-order chi connectivity index (χ0) is 24.2. The molecule has 0 heterocycles. The maximum atomic E-state index is 9.00. The second-order valence-corrected chi connectivity index (χ2v) is 7.38. The first-order chi connectivity index (χ1) is 15.2. The third-order valence-corrected chi connectivity index (χ3v) is 4.38. The minimum absolute atomic E-state index is 0. The number of hydrogen-bond donors (Lipinski definition) is 1. The topological polar surface area (TPSA) is 37.3 Å². The smallest absolute Gasteiger partial charge is 0.481 e. The Morgan fingerprint density at radius 2 is 0.943 bits per heavy atom. The summed E-state index contributed by atoms with van der Waals surface area (Å²) in [6.45, 7) is 12.0. The number of allylic oxidation sites excluding steroid dienone is 4. The van der Waals surface area contributed by atoms with E-state index in [0.29, 0.717) is 0 Å². The normalized spacial score (nSPS) is 11.5. The van der Waals surface area contributed by atoms with Crippen LogP contribution in [0.15, 0.2) is 108 Å². The van der Waals surface area contributed by atoms with Crippen LogP contribution in [0.4, 0.5) is 0 Å². The number of carboxylic acid groups (broad SMARTS) is 1. The van der Waals surface area contributed by atoms with Crippen LogP contribution in [0, 0.1) is 29.7 Å². The molecule has 35 heavy (non-hydrogen) atoms. The summed E-state index contributed by atoms with van der Waals surface area (Å²) in [7, 11) is 0. The van der Waals surface area contributed by atoms with Gasteiger partial charge in [-0.1, -0.05) is 33.1 Å². The zero-order valence-electron chi connectivity index (χ0n) is 21.3. The summed E-state index contributed by atoms with van der Waals surface area (Å²) in [5.41, 5.74) is 4.39. The van der Waals surface area contributed by atoms with Crippen molar-refractivity contribution in [1.82, 2.24) is 0 Å². The van der Waals surface area contributed by atoms with Crippen LogP contribution >= 0.6 is 24.8 Å². The van der Waals surface area contributed by atoms with Crippen LogP contribution in [0.1, 0.15) is 41.5 Å². The van der Waals surface area contributed by atoms with Gasteiger partial charge in [0.1, 0.15) is 0 Å². The van der Waals surface area contributed by atoms with Crippen LogP contribution in [0.3, 0.4) is 0 Å². The second kappa shape index (κ2) is 25.0. The molecule has 1 aliphatic rings. The van der Waals surface area contributed by atoms with Gasteiger partial charge in [0.25, 0.3) is 5.97 Å². The molecule has 0 amide bonds. The first kappa shape index (κ1) is 40.1. The van der Waals surface area contributed by atoms with Gasteiger partial charge >= 0.3 is 21.7 Å². The first-order valence-electron chi connectivity index (χ1n) is 10.4. The Hall–Kier alpha value is -2.10. The Morgan fingerprint density at radius 1 is 0.686 bits per heavy atom. The van der Waals surface area contributed by atoms with Gasteiger partial charge in [-0.25, -0.2) is 5.57 Å². The predicted octanol–water partition coefficient (Wildman–Crippen LogP) is 8.50. The van der Waals surface area contributed by atoms with E-state index in [9.17, 15) is 0 Å². The molecule has 1 N–H and O–H groups in total. The molecule has 3 aromatic rings. The minimum atomic E-state index is -0.833. The van der Waals surface area contributed by atoms with Crippen LogP contribution in [0.25, 0.3) is 0 Å². The summed E-state index contributed by atoms with van der Waals surface area (Å²) < 4.78 is 0. The Kier molecular flexibility index (Phi) is 28.6.